The van der Waals surface area contributed by atoms with Crippen LogP contribution in [0.1, 0.15) is 31.9 Å². The van der Waals surface area contributed by atoms with Gasteiger partial charge in [0.25, 0.3) is 0 Å². The lowest BCUT2D eigenvalue weighted by atomic mass is 10.1. The minimum Gasteiger partial charge on any atom is -0.183 e. The van der Waals surface area contributed by atoms with Crippen LogP contribution in [0.2, 0.25) is 0 Å². The SMILES string of the molecule is Cc1cccc(N=NC(C)(C)C)c1C. The number of hydrogen-bond acceptors (Lipinski definition) is 2. The van der Waals surface area contributed by atoms with Crippen molar-refractivity contribution in [2.24, 2.45) is 10.2 Å². The molecule has 1 rings (SSSR count). The molecule has 0 amide bonds. The molecule has 0 aliphatic heterocycles. The first kappa shape index (κ1) is 10.9. The Balaban J connectivity index is 2.98. The molecule has 1 aromatic carbocycles. The smallest absolute Gasteiger partial charge is 0.0884 e. The minimum atomic E-state index is -0.101. The second-order valence-electron chi connectivity index (χ2n) is 4.59. The van der Waals surface area contributed by atoms with Gasteiger partial charge in [0.15, 0.2) is 0 Å². The zero-order valence-electron chi connectivity index (χ0n) is 9.63. The second-order valence-corrected chi connectivity index (χ2v) is 4.59. The van der Waals surface area contributed by atoms with E-state index >= 15 is 0 Å². The van der Waals surface area contributed by atoms with E-state index in [1.54, 1.807) is 0 Å². The monoisotopic (exact) mass is 190 g/mol. The quantitative estimate of drug-likeness (QED) is 0.593. The first-order chi connectivity index (χ1) is 6.40. The van der Waals surface area contributed by atoms with E-state index in [2.05, 4.69) is 30.1 Å². The summed E-state index contributed by atoms with van der Waals surface area (Å²) in [6.07, 6.45) is 0. The summed E-state index contributed by atoms with van der Waals surface area (Å²) in [6.45, 7) is 10.3. The summed E-state index contributed by atoms with van der Waals surface area (Å²) in [5.74, 6) is 0. The summed E-state index contributed by atoms with van der Waals surface area (Å²) < 4.78 is 0. The highest BCUT2D eigenvalue weighted by molar-refractivity contribution is 5.48. The average molecular weight is 190 g/mol. The predicted octanol–water partition coefficient (Wildman–Crippen LogP) is 4.19. The Morgan fingerprint density at radius 1 is 1.07 bits per heavy atom. The lowest BCUT2D eigenvalue weighted by Gasteiger charge is -2.10. The van der Waals surface area contributed by atoms with Crippen molar-refractivity contribution in [3.05, 3.63) is 29.3 Å². The van der Waals surface area contributed by atoms with Crippen molar-refractivity contribution in [1.29, 1.82) is 0 Å². The molecule has 0 atom stereocenters. The Kier molecular flexibility index (Phi) is 3.04. The zero-order valence-corrected chi connectivity index (χ0v) is 9.63. The fourth-order valence-corrected chi connectivity index (χ4v) is 1.05. The fraction of sp³-hybridized carbons (Fsp3) is 0.500. The molecule has 0 aromatic heterocycles. The third-order valence-electron chi connectivity index (χ3n) is 2.03. The predicted molar refractivity (Wildman–Crippen MR) is 60.2 cm³/mol. The molecular weight excluding hydrogens is 172 g/mol. The molecule has 0 saturated heterocycles. The van der Waals surface area contributed by atoms with Gasteiger partial charge >= 0.3 is 0 Å². The molecule has 1 aromatic rings. The van der Waals surface area contributed by atoms with Gasteiger partial charge in [-0.1, -0.05) is 12.1 Å². The van der Waals surface area contributed by atoms with Gasteiger partial charge in [0.1, 0.15) is 0 Å². The molecule has 0 heterocycles. The maximum Gasteiger partial charge on any atom is 0.0884 e. The van der Waals surface area contributed by atoms with Crippen molar-refractivity contribution >= 4 is 5.69 Å². The normalized spacial score (nSPS) is 12.4. The molecule has 0 radical (unpaired) electrons. The third kappa shape index (κ3) is 2.95. The van der Waals surface area contributed by atoms with Crippen molar-refractivity contribution in [3.63, 3.8) is 0 Å². The van der Waals surface area contributed by atoms with Gasteiger partial charge in [0, 0.05) is 0 Å². The van der Waals surface area contributed by atoms with Crippen LogP contribution in [0.15, 0.2) is 28.4 Å². The molecule has 0 aliphatic rings. The molecule has 2 nitrogen and oxygen atoms in total. The van der Waals surface area contributed by atoms with Gasteiger partial charge in [-0.15, -0.1) is 0 Å². The van der Waals surface area contributed by atoms with Crippen LogP contribution in [-0.4, -0.2) is 5.54 Å². The van der Waals surface area contributed by atoms with Gasteiger partial charge in [-0.25, -0.2) is 0 Å². The average Bonchev–Trinajstić information content (AvgIpc) is 2.06. The fourth-order valence-electron chi connectivity index (χ4n) is 1.05. The molecule has 76 valence electrons. The molecule has 0 spiro atoms. The van der Waals surface area contributed by atoms with Gasteiger partial charge in [-0.2, -0.15) is 10.2 Å². The number of azo groups is 1. The van der Waals surface area contributed by atoms with Crippen LogP contribution in [0, 0.1) is 13.8 Å². The first-order valence-electron chi connectivity index (χ1n) is 4.89. The Labute approximate surface area is 86.1 Å². The molecule has 0 saturated carbocycles. The van der Waals surface area contributed by atoms with Crippen molar-refractivity contribution in [2.45, 2.75) is 40.2 Å². The van der Waals surface area contributed by atoms with E-state index in [1.807, 2.05) is 32.9 Å². The molecule has 0 unspecified atom stereocenters. The summed E-state index contributed by atoms with van der Waals surface area (Å²) >= 11 is 0. The van der Waals surface area contributed by atoms with Gasteiger partial charge in [0.2, 0.25) is 0 Å². The Hall–Kier alpha value is -1.18. The van der Waals surface area contributed by atoms with Crippen LogP contribution in [0.4, 0.5) is 5.69 Å². The molecule has 0 aliphatic carbocycles. The highest BCUT2D eigenvalue weighted by Gasteiger charge is 2.07. The number of aryl methyl sites for hydroxylation is 1. The van der Waals surface area contributed by atoms with Gasteiger partial charge in [0.05, 0.1) is 11.2 Å². The second kappa shape index (κ2) is 3.91. The van der Waals surface area contributed by atoms with Crippen LogP contribution < -0.4 is 0 Å². The standard InChI is InChI=1S/C12H18N2/c1-9-7-6-8-11(10(9)2)13-14-12(3,4)5/h6-8H,1-5H3. The molecular formula is C12H18N2. The van der Waals surface area contributed by atoms with Crippen LogP contribution in [0.5, 0.6) is 0 Å². The van der Waals surface area contributed by atoms with Gasteiger partial charge < -0.3 is 0 Å². The highest BCUT2D eigenvalue weighted by atomic mass is 15.1. The zero-order chi connectivity index (χ0) is 10.8. The third-order valence-corrected chi connectivity index (χ3v) is 2.03. The minimum absolute atomic E-state index is 0.101. The molecule has 0 bridgehead atoms. The van der Waals surface area contributed by atoms with Crippen molar-refractivity contribution in [2.75, 3.05) is 0 Å². The van der Waals surface area contributed by atoms with Crippen LogP contribution in [-0.2, 0) is 0 Å². The summed E-state index contributed by atoms with van der Waals surface area (Å²) in [4.78, 5) is 0. The van der Waals surface area contributed by atoms with E-state index in [1.165, 1.54) is 11.1 Å². The maximum absolute atomic E-state index is 4.26. The number of nitrogens with zero attached hydrogens (tertiary/aromatic N) is 2. The lowest BCUT2D eigenvalue weighted by molar-refractivity contribution is 0.552. The van der Waals surface area contributed by atoms with Crippen LogP contribution in [0.3, 0.4) is 0 Å². The van der Waals surface area contributed by atoms with E-state index in [0.717, 1.165) is 5.69 Å². The summed E-state index contributed by atoms with van der Waals surface area (Å²) in [7, 11) is 0. The number of benzene rings is 1. The Morgan fingerprint density at radius 3 is 2.29 bits per heavy atom. The molecule has 2 heteroatoms. The summed E-state index contributed by atoms with van der Waals surface area (Å²) in [5.41, 5.74) is 3.34. The molecule has 0 N–H and O–H groups in total. The van der Waals surface area contributed by atoms with Gasteiger partial charge in [-0.3, -0.25) is 0 Å². The maximum atomic E-state index is 4.26. The Morgan fingerprint density at radius 2 is 1.71 bits per heavy atom. The van der Waals surface area contributed by atoms with E-state index in [9.17, 15) is 0 Å². The number of hydrogen-bond donors (Lipinski definition) is 0. The highest BCUT2D eigenvalue weighted by Crippen LogP contribution is 2.23. The van der Waals surface area contributed by atoms with E-state index in [4.69, 9.17) is 0 Å². The summed E-state index contributed by atoms with van der Waals surface area (Å²) in [6, 6.07) is 6.10. The summed E-state index contributed by atoms with van der Waals surface area (Å²) in [5, 5.41) is 8.52. The largest absolute Gasteiger partial charge is 0.183 e. The molecule has 0 fully saturated rings. The van der Waals surface area contributed by atoms with E-state index < -0.39 is 0 Å². The topological polar surface area (TPSA) is 24.7 Å². The lowest BCUT2D eigenvalue weighted by Crippen LogP contribution is -2.07. The first-order valence-corrected chi connectivity index (χ1v) is 4.89. The van der Waals surface area contributed by atoms with E-state index in [0.29, 0.717) is 0 Å². The van der Waals surface area contributed by atoms with Crippen molar-refractivity contribution in [1.82, 2.24) is 0 Å². The van der Waals surface area contributed by atoms with Crippen LogP contribution >= 0.6 is 0 Å². The van der Waals surface area contributed by atoms with E-state index in [-0.39, 0.29) is 5.54 Å². The Bertz CT molecular complexity index is 346. The van der Waals surface area contributed by atoms with Crippen molar-refractivity contribution in [3.8, 4) is 0 Å². The molecule has 14 heavy (non-hydrogen) atoms. The van der Waals surface area contributed by atoms with Crippen molar-refractivity contribution < 1.29 is 0 Å². The van der Waals surface area contributed by atoms with Crippen LogP contribution in [0.25, 0.3) is 0 Å². The van der Waals surface area contributed by atoms with Gasteiger partial charge in [-0.05, 0) is 51.8 Å². The number of rotatable bonds is 1.